The Morgan fingerprint density at radius 1 is 1.29 bits per heavy atom. The van der Waals surface area contributed by atoms with Gasteiger partial charge < -0.3 is 10.4 Å². The van der Waals surface area contributed by atoms with Gasteiger partial charge >= 0.3 is 5.97 Å². The largest absolute Gasteiger partial charge is 0.480 e. The molecule has 0 radical (unpaired) electrons. The second kappa shape index (κ2) is 6.68. The van der Waals surface area contributed by atoms with Crippen LogP contribution < -0.4 is 5.32 Å². The fraction of sp³-hybridized carbons (Fsp3) is 0.385. The highest BCUT2D eigenvalue weighted by molar-refractivity contribution is 5.84. The third kappa shape index (κ3) is 4.68. The van der Waals surface area contributed by atoms with Gasteiger partial charge in [0.05, 0.1) is 6.42 Å². The quantitative estimate of drug-likeness (QED) is 0.787. The first-order chi connectivity index (χ1) is 8.13. The van der Waals surface area contributed by atoms with Gasteiger partial charge in [-0.05, 0) is 12.0 Å². The van der Waals surface area contributed by atoms with E-state index in [1.807, 2.05) is 37.3 Å². The molecule has 1 aromatic carbocycles. The number of carboxylic acid groups (broad SMARTS) is 1. The minimum Gasteiger partial charge on any atom is -0.480 e. The van der Waals surface area contributed by atoms with Gasteiger partial charge in [-0.3, -0.25) is 4.79 Å². The average molecular weight is 235 g/mol. The Hall–Kier alpha value is -1.84. The van der Waals surface area contributed by atoms with Gasteiger partial charge in [-0.2, -0.15) is 0 Å². The van der Waals surface area contributed by atoms with Crippen LogP contribution in [-0.2, 0) is 16.0 Å². The van der Waals surface area contributed by atoms with Gasteiger partial charge in [-0.15, -0.1) is 0 Å². The predicted octanol–water partition coefficient (Wildman–Crippen LogP) is 1.60. The Morgan fingerprint density at radius 2 is 1.94 bits per heavy atom. The Bertz CT molecular complexity index is 376. The van der Waals surface area contributed by atoms with Crippen LogP contribution in [-0.4, -0.2) is 23.0 Å². The van der Waals surface area contributed by atoms with Crippen LogP contribution in [0.2, 0.25) is 0 Å². The summed E-state index contributed by atoms with van der Waals surface area (Å²) in [5.74, 6) is -1.23. The predicted molar refractivity (Wildman–Crippen MR) is 64.6 cm³/mol. The number of benzene rings is 1. The van der Waals surface area contributed by atoms with Crippen molar-refractivity contribution in [3.63, 3.8) is 0 Å². The number of carbonyl (C=O) groups excluding carboxylic acids is 1. The van der Waals surface area contributed by atoms with Crippen LogP contribution in [0.15, 0.2) is 30.3 Å². The number of hydrogen-bond acceptors (Lipinski definition) is 2. The van der Waals surface area contributed by atoms with Crippen molar-refractivity contribution < 1.29 is 14.7 Å². The highest BCUT2D eigenvalue weighted by Gasteiger charge is 2.18. The van der Waals surface area contributed by atoms with Crippen LogP contribution in [0.4, 0.5) is 0 Å². The van der Waals surface area contributed by atoms with E-state index in [4.69, 9.17) is 5.11 Å². The fourth-order valence-electron chi connectivity index (χ4n) is 1.57. The summed E-state index contributed by atoms with van der Waals surface area (Å²) in [5, 5.41) is 11.4. The maximum Gasteiger partial charge on any atom is 0.326 e. The second-order valence-corrected chi connectivity index (χ2v) is 3.91. The van der Waals surface area contributed by atoms with E-state index in [0.29, 0.717) is 6.42 Å². The first-order valence-corrected chi connectivity index (χ1v) is 5.69. The Balaban J connectivity index is 2.51. The topological polar surface area (TPSA) is 66.4 Å². The van der Waals surface area contributed by atoms with Crippen molar-refractivity contribution in [2.24, 2.45) is 0 Å². The molecule has 0 fully saturated rings. The second-order valence-electron chi connectivity index (χ2n) is 3.91. The van der Waals surface area contributed by atoms with E-state index in [9.17, 15) is 9.59 Å². The van der Waals surface area contributed by atoms with Crippen molar-refractivity contribution in [3.05, 3.63) is 35.9 Å². The molecule has 0 aromatic heterocycles. The molecule has 1 atom stereocenters. The molecule has 2 N–H and O–H groups in total. The number of nitrogens with one attached hydrogen (secondary N) is 1. The summed E-state index contributed by atoms with van der Waals surface area (Å²) in [6, 6.07) is 8.48. The van der Waals surface area contributed by atoms with Gasteiger partial charge in [-0.1, -0.05) is 43.7 Å². The molecule has 0 saturated carbocycles. The summed E-state index contributed by atoms with van der Waals surface area (Å²) in [4.78, 5) is 22.5. The normalized spacial score (nSPS) is 11.8. The summed E-state index contributed by atoms with van der Waals surface area (Å²) in [6.45, 7) is 1.89. The number of carbonyl (C=O) groups is 2. The molecule has 0 aliphatic carbocycles. The number of aliphatic carboxylic acids is 1. The number of hydrogen-bond donors (Lipinski definition) is 2. The van der Waals surface area contributed by atoms with E-state index in [2.05, 4.69) is 5.32 Å². The molecular weight excluding hydrogens is 218 g/mol. The lowest BCUT2D eigenvalue weighted by molar-refractivity contribution is -0.141. The molecule has 0 aliphatic rings. The zero-order chi connectivity index (χ0) is 12.7. The first-order valence-electron chi connectivity index (χ1n) is 5.69. The fourth-order valence-corrected chi connectivity index (χ4v) is 1.57. The third-order valence-electron chi connectivity index (χ3n) is 2.42. The van der Waals surface area contributed by atoms with Gasteiger partial charge in [0.2, 0.25) is 5.91 Å². The van der Waals surface area contributed by atoms with Gasteiger partial charge in [0.15, 0.2) is 0 Å². The summed E-state index contributed by atoms with van der Waals surface area (Å²) >= 11 is 0. The summed E-state index contributed by atoms with van der Waals surface area (Å²) < 4.78 is 0. The van der Waals surface area contributed by atoms with Crippen molar-refractivity contribution in [1.82, 2.24) is 5.32 Å². The van der Waals surface area contributed by atoms with Gasteiger partial charge in [0.1, 0.15) is 6.04 Å². The van der Waals surface area contributed by atoms with Crippen molar-refractivity contribution in [2.75, 3.05) is 0 Å². The standard InChI is InChI=1S/C13H17NO3/c1-2-6-11(13(16)17)14-12(15)9-10-7-4-3-5-8-10/h3-5,7-8,11H,2,6,9H2,1H3,(H,14,15)(H,16,17)/t11-/m0/s1. The van der Waals surface area contributed by atoms with E-state index in [0.717, 1.165) is 12.0 Å². The van der Waals surface area contributed by atoms with Crippen LogP contribution in [0.25, 0.3) is 0 Å². The molecule has 17 heavy (non-hydrogen) atoms. The Labute approximate surface area is 101 Å². The average Bonchev–Trinajstić information content (AvgIpc) is 2.29. The van der Waals surface area contributed by atoms with Gasteiger partial charge in [-0.25, -0.2) is 4.79 Å². The summed E-state index contributed by atoms with van der Waals surface area (Å²) in [6.07, 6.45) is 1.40. The molecule has 4 heteroatoms. The van der Waals surface area contributed by atoms with Crippen LogP contribution >= 0.6 is 0 Å². The lowest BCUT2D eigenvalue weighted by atomic mass is 10.1. The molecule has 0 bridgehead atoms. The molecule has 4 nitrogen and oxygen atoms in total. The molecule has 1 rings (SSSR count). The smallest absolute Gasteiger partial charge is 0.326 e. The Kier molecular flexibility index (Phi) is 5.20. The van der Waals surface area contributed by atoms with Crippen molar-refractivity contribution >= 4 is 11.9 Å². The van der Waals surface area contributed by atoms with Gasteiger partial charge in [0.25, 0.3) is 0 Å². The van der Waals surface area contributed by atoms with Crippen molar-refractivity contribution in [1.29, 1.82) is 0 Å². The van der Waals surface area contributed by atoms with Crippen molar-refractivity contribution in [3.8, 4) is 0 Å². The highest BCUT2D eigenvalue weighted by atomic mass is 16.4. The summed E-state index contributed by atoms with van der Waals surface area (Å²) in [7, 11) is 0. The SMILES string of the molecule is CCC[C@H](NC(=O)Cc1ccccc1)C(=O)O. The van der Waals surface area contributed by atoms with Crippen LogP contribution in [0.3, 0.4) is 0 Å². The number of amides is 1. The van der Waals surface area contributed by atoms with E-state index in [-0.39, 0.29) is 12.3 Å². The lowest BCUT2D eigenvalue weighted by Crippen LogP contribution is -2.41. The van der Waals surface area contributed by atoms with E-state index >= 15 is 0 Å². The lowest BCUT2D eigenvalue weighted by Gasteiger charge is -2.13. The molecule has 0 spiro atoms. The van der Waals surface area contributed by atoms with Crippen LogP contribution in [0, 0.1) is 0 Å². The third-order valence-corrected chi connectivity index (χ3v) is 2.42. The molecule has 0 aliphatic heterocycles. The zero-order valence-corrected chi connectivity index (χ0v) is 9.85. The molecule has 0 unspecified atom stereocenters. The number of rotatable bonds is 6. The molecule has 1 aromatic rings. The first kappa shape index (κ1) is 13.2. The zero-order valence-electron chi connectivity index (χ0n) is 9.85. The Morgan fingerprint density at radius 3 is 2.47 bits per heavy atom. The monoisotopic (exact) mass is 235 g/mol. The highest BCUT2D eigenvalue weighted by Crippen LogP contribution is 2.01. The minimum atomic E-state index is -0.978. The minimum absolute atomic E-state index is 0.217. The summed E-state index contributed by atoms with van der Waals surface area (Å²) in [5.41, 5.74) is 0.880. The molecule has 92 valence electrons. The maximum absolute atomic E-state index is 11.6. The van der Waals surface area contributed by atoms with E-state index < -0.39 is 12.0 Å². The van der Waals surface area contributed by atoms with Crippen LogP contribution in [0.1, 0.15) is 25.3 Å². The molecule has 0 heterocycles. The number of carboxylic acids is 1. The van der Waals surface area contributed by atoms with Crippen molar-refractivity contribution in [2.45, 2.75) is 32.2 Å². The van der Waals surface area contributed by atoms with E-state index in [1.54, 1.807) is 0 Å². The maximum atomic E-state index is 11.6. The molecule has 1 amide bonds. The molecule has 0 saturated heterocycles. The van der Waals surface area contributed by atoms with E-state index in [1.165, 1.54) is 0 Å². The molecular formula is C13H17NO3. The van der Waals surface area contributed by atoms with Gasteiger partial charge in [0, 0.05) is 0 Å². The van der Waals surface area contributed by atoms with Crippen LogP contribution in [0.5, 0.6) is 0 Å².